The van der Waals surface area contributed by atoms with Crippen LogP contribution in [0.15, 0.2) is 23.1 Å². The number of aliphatic hydroxyl groups excluding tert-OH is 1. The van der Waals surface area contributed by atoms with Gasteiger partial charge in [-0.05, 0) is 31.0 Å². The molecule has 0 aromatic heterocycles. The van der Waals surface area contributed by atoms with Crippen LogP contribution in [0.25, 0.3) is 0 Å². The first-order valence-corrected chi connectivity index (χ1v) is 7.35. The van der Waals surface area contributed by atoms with Gasteiger partial charge in [0.2, 0.25) is 0 Å². The lowest BCUT2D eigenvalue weighted by molar-refractivity contribution is 0.296. The van der Waals surface area contributed by atoms with E-state index in [1.54, 1.807) is 17.8 Å². The molecule has 4 heteroatoms. The molecule has 2 nitrogen and oxygen atoms in total. The second kappa shape index (κ2) is 8.51. The third kappa shape index (κ3) is 5.38. The number of benzene rings is 1. The minimum absolute atomic E-state index is 0.153. The largest absolute Gasteiger partial charge is 0.396 e. The highest BCUT2D eigenvalue weighted by atomic mass is 32.2. The highest BCUT2D eigenvalue weighted by molar-refractivity contribution is 7.99. The Morgan fingerprint density at radius 1 is 1.39 bits per heavy atom. The number of hydrogen-bond acceptors (Lipinski definition) is 3. The third-order valence-electron chi connectivity index (χ3n) is 2.49. The van der Waals surface area contributed by atoms with Gasteiger partial charge in [-0.15, -0.1) is 11.8 Å². The first-order chi connectivity index (χ1) is 8.65. The molecule has 0 bridgehead atoms. The van der Waals surface area contributed by atoms with Crippen LogP contribution in [0.4, 0.5) is 4.39 Å². The van der Waals surface area contributed by atoms with Crippen molar-refractivity contribution in [1.29, 1.82) is 0 Å². The zero-order valence-corrected chi connectivity index (χ0v) is 11.9. The highest BCUT2D eigenvalue weighted by Gasteiger charge is 2.08. The normalized spacial score (nSPS) is 11.2. The molecule has 0 saturated heterocycles. The van der Waals surface area contributed by atoms with Gasteiger partial charge in [0.25, 0.3) is 0 Å². The minimum atomic E-state index is -0.153. The number of nitrogens with one attached hydrogen (secondary N) is 1. The average Bonchev–Trinajstić information content (AvgIpc) is 2.32. The van der Waals surface area contributed by atoms with Crippen LogP contribution < -0.4 is 5.32 Å². The summed E-state index contributed by atoms with van der Waals surface area (Å²) in [6, 6.07) is 5.18. The van der Waals surface area contributed by atoms with Crippen LogP contribution in [0.2, 0.25) is 0 Å². The molecule has 0 heterocycles. The van der Waals surface area contributed by atoms with E-state index in [9.17, 15) is 4.39 Å². The van der Waals surface area contributed by atoms with Crippen LogP contribution in [0.3, 0.4) is 0 Å². The van der Waals surface area contributed by atoms with E-state index in [0.717, 1.165) is 29.2 Å². The Labute approximate surface area is 113 Å². The summed E-state index contributed by atoms with van der Waals surface area (Å²) in [7, 11) is 0. The van der Waals surface area contributed by atoms with Crippen molar-refractivity contribution in [1.82, 2.24) is 5.32 Å². The molecule has 0 spiro atoms. The molecule has 0 saturated carbocycles. The van der Waals surface area contributed by atoms with Gasteiger partial charge in [-0.1, -0.05) is 19.9 Å². The maximum absolute atomic E-state index is 13.8. The van der Waals surface area contributed by atoms with Crippen LogP contribution >= 0.6 is 11.8 Å². The van der Waals surface area contributed by atoms with E-state index in [1.165, 1.54) is 6.07 Å². The molecule has 0 aliphatic carbocycles. The molecule has 1 aromatic rings. The van der Waals surface area contributed by atoms with E-state index in [2.05, 4.69) is 19.2 Å². The molecule has 0 aliphatic heterocycles. The summed E-state index contributed by atoms with van der Waals surface area (Å²) in [4.78, 5) is 0.972. The SMILES string of the molecule is CC(C)CNCc1c(F)cccc1SCCCO. The third-order valence-corrected chi connectivity index (χ3v) is 3.68. The van der Waals surface area contributed by atoms with Crippen molar-refractivity contribution in [3.8, 4) is 0 Å². The molecule has 0 fully saturated rings. The fraction of sp³-hybridized carbons (Fsp3) is 0.571. The van der Waals surface area contributed by atoms with Crippen LogP contribution in [0.1, 0.15) is 25.8 Å². The number of hydrogen-bond donors (Lipinski definition) is 2. The maximum atomic E-state index is 13.8. The number of halogens is 1. The fourth-order valence-electron chi connectivity index (χ4n) is 1.58. The second-order valence-electron chi connectivity index (χ2n) is 4.67. The minimum Gasteiger partial charge on any atom is -0.396 e. The molecule has 0 radical (unpaired) electrons. The molecule has 102 valence electrons. The Bertz CT molecular complexity index is 358. The first kappa shape index (κ1) is 15.5. The summed E-state index contributed by atoms with van der Waals surface area (Å²) in [5.74, 6) is 1.22. The van der Waals surface area contributed by atoms with Crippen LogP contribution in [-0.4, -0.2) is 24.0 Å². The molecule has 0 amide bonds. The van der Waals surface area contributed by atoms with Crippen molar-refractivity contribution in [2.45, 2.75) is 31.7 Å². The van der Waals surface area contributed by atoms with Gasteiger partial charge < -0.3 is 10.4 Å². The second-order valence-corrected chi connectivity index (χ2v) is 5.80. The summed E-state index contributed by atoms with van der Waals surface area (Å²) >= 11 is 1.60. The lowest BCUT2D eigenvalue weighted by Crippen LogP contribution is -2.20. The number of aliphatic hydroxyl groups is 1. The lowest BCUT2D eigenvalue weighted by atomic mass is 10.2. The van der Waals surface area contributed by atoms with Crippen molar-refractivity contribution >= 4 is 11.8 Å². The van der Waals surface area contributed by atoms with Gasteiger partial charge in [-0.3, -0.25) is 0 Å². The Balaban J connectivity index is 2.61. The topological polar surface area (TPSA) is 32.3 Å². The van der Waals surface area contributed by atoms with Crippen LogP contribution in [-0.2, 0) is 6.54 Å². The number of thioether (sulfide) groups is 1. The summed E-state index contributed by atoms with van der Waals surface area (Å²) in [5.41, 5.74) is 0.737. The van der Waals surface area contributed by atoms with E-state index in [0.29, 0.717) is 12.5 Å². The van der Waals surface area contributed by atoms with Gasteiger partial charge in [0.15, 0.2) is 0 Å². The summed E-state index contributed by atoms with van der Waals surface area (Å²) < 4.78 is 13.8. The van der Waals surface area contributed by atoms with Crippen molar-refractivity contribution in [3.63, 3.8) is 0 Å². The summed E-state index contributed by atoms with van der Waals surface area (Å²) in [5, 5.41) is 12.0. The highest BCUT2D eigenvalue weighted by Crippen LogP contribution is 2.25. The van der Waals surface area contributed by atoms with Crippen LogP contribution in [0.5, 0.6) is 0 Å². The van der Waals surface area contributed by atoms with Crippen molar-refractivity contribution in [3.05, 3.63) is 29.6 Å². The predicted molar refractivity (Wildman–Crippen MR) is 75.4 cm³/mol. The molecule has 0 unspecified atom stereocenters. The van der Waals surface area contributed by atoms with Gasteiger partial charge in [0.05, 0.1) is 0 Å². The Morgan fingerprint density at radius 3 is 2.83 bits per heavy atom. The van der Waals surface area contributed by atoms with Crippen LogP contribution in [0, 0.1) is 11.7 Å². The smallest absolute Gasteiger partial charge is 0.128 e. The van der Waals surface area contributed by atoms with Crippen molar-refractivity contribution in [2.75, 3.05) is 18.9 Å². The number of rotatable bonds is 8. The zero-order valence-electron chi connectivity index (χ0n) is 11.1. The van der Waals surface area contributed by atoms with Gasteiger partial charge in [-0.2, -0.15) is 0 Å². The summed E-state index contributed by atoms with van der Waals surface area (Å²) in [6.45, 7) is 5.89. The van der Waals surface area contributed by atoms with Gasteiger partial charge in [-0.25, -0.2) is 4.39 Å². The van der Waals surface area contributed by atoms with Gasteiger partial charge >= 0.3 is 0 Å². The lowest BCUT2D eigenvalue weighted by Gasteiger charge is -2.12. The molecule has 0 aliphatic rings. The standard InChI is InChI=1S/C14H22FNOS/c1-11(2)9-16-10-12-13(15)5-3-6-14(12)18-8-4-7-17/h3,5-6,11,16-17H,4,7-10H2,1-2H3. The van der Waals surface area contributed by atoms with Gasteiger partial charge in [0, 0.05) is 29.4 Å². The van der Waals surface area contributed by atoms with Crippen molar-refractivity contribution in [2.24, 2.45) is 5.92 Å². The maximum Gasteiger partial charge on any atom is 0.128 e. The van der Waals surface area contributed by atoms with E-state index in [4.69, 9.17) is 5.11 Å². The Kier molecular flexibility index (Phi) is 7.32. The Hall–Kier alpha value is -0.580. The molecule has 2 N–H and O–H groups in total. The first-order valence-electron chi connectivity index (χ1n) is 6.37. The molecule has 1 rings (SSSR count). The van der Waals surface area contributed by atoms with E-state index in [1.807, 2.05) is 6.07 Å². The summed E-state index contributed by atoms with van der Waals surface area (Å²) in [6.07, 6.45) is 0.736. The fourth-order valence-corrected chi connectivity index (χ4v) is 2.59. The quantitative estimate of drug-likeness (QED) is 0.563. The van der Waals surface area contributed by atoms with Crippen molar-refractivity contribution < 1.29 is 9.50 Å². The molecule has 18 heavy (non-hydrogen) atoms. The van der Waals surface area contributed by atoms with E-state index < -0.39 is 0 Å². The van der Waals surface area contributed by atoms with E-state index in [-0.39, 0.29) is 12.4 Å². The zero-order chi connectivity index (χ0) is 13.4. The molecule has 1 aromatic carbocycles. The van der Waals surface area contributed by atoms with E-state index >= 15 is 0 Å². The average molecular weight is 271 g/mol. The monoisotopic (exact) mass is 271 g/mol. The molecule has 0 atom stereocenters. The Morgan fingerprint density at radius 2 is 2.17 bits per heavy atom. The molecular formula is C14H22FNOS. The predicted octanol–water partition coefficient (Wildman–Crippen LogP) is 3.05. The van der Waals surface area contributed by atoms with Gasteiger partial charge in [0.1, 0.15) is 5.82 Å². The molecular weight excluding hydrogens is 249 g/mol.